The second kappa shape index (κ2) is 9.20. The van der Waals surface area contributed by atoms with Crippen molar-refractivity contribution < 1.29 is 14.3 Å². The lowest BCUT2D eigenvalue weighted by Gasteiger charge is -2.37. The van der Waals surface area contributed by atoms with Crippen molar-refractivity contribution in [1.82, 2.24) is 9.88 Å². The molecular formula is C25H29N3O3S. The van der Waals surface area contributed by atoms with Crippen molar-refractivity contribution in [1.29, 1.82) is 0 Å². The van der Waals surface area contributed by atoms with E-state index in [1.54, 1.807) is 14.2 Å². The predicted octanol–water partition coefficient (Wildman–Crippen LogP) is 4.71. The Labute approximate surface area is 193 Å². The molecule has 1 aliphatic heterocycles. The molecule has 2 aromatic carbocycles. The van der Waals surface area contributed by atoms with Crippen LogP contribution in [0.2, 0.25) is 0 Å². The standard InChI is InChI=1S/C25H29N3O3S/c1-16-7-6-8-20(17(16)2)27-11-13-28(14-12-27)25(29)23-18(3)26-24(32-23)19-9-10-21(30-4)22(15-19)31-5/h6-10,15H,11-14H2,1-5H3. The first-order chi connectivity index (χ1) is 15.4. The van der Waals surface area contributed by atoms with Crippen LogP contribution in [0, 0.1) is 20.8 Å². The van der Waals surface area contributed by atoms with Crippen molar-refractivity contribution in [3.05, 3.63) is 58.1 Å². The number of aryl methyl sites for hydroxylation is 2. The summed E-state index contributed by atoms with van der Waals surface area (Å²) in [6.07, 6.45) is 0. The molecule has 1 saturated heterocycles. The van der Waals surface area contributed by atoms with E-state index in [9.17, 15) is 4.79 Å². The number of benzene rings is 2. The number of ether oxygens (including phenoxy) is 2. The molecule has 0 radical (unpaired) electrons. The van der Waals surface area contributed by atoms with Gasteiger partial charge in [-0.2, -0.15) is 0 Å². The van der Waals surface area contributed by atoms with Crippen molar-refractivity contribution in [2.24, 2.45) is 0 Å². The van der Waals surface area contributed by atoms with E-state index in [2.05, 4.69) is 41.9 Å². The lowest BCUT2D eigenvalue weighted by atomic mass is 10.1. The summed E-state index contributed by atoms with van der Waals surface area (Å²) in [6, 6.07) is 12.1. The number of methoxy groups -OCH3 is 2. The second-order valence-electron chi connectivity index (χ2n) is 8.00. The highest BCUT2D eigenvalue weighted by Gasteiger charge is 2.26. The Morgan fingerprint density at radius 2 is 1.69 bits per heavy atom. The van der Waals surface area contributed by atoms with E-state index in [-0.39, 0.29) is 5.91 Å². The lowest BCUT2D eigenvalue weighted by molar-refractivity contribution is 0.0750. The van der Waals surface area contributed by atoms with Crippen LogP contribution in [0.5, 0.6) is 11.5 Å². The third-order valence-corrected chi connectivity index (χ3v) is 7.30. The molecule has 3 aromatic rings. The summed E-state index contributed by atoms with van der Waals surface area (Å²) in [7, 11) is 3.23. The topological polar surface area (TPSA) is 54.9 Å². The SMILES string of the molecule is COc1ccc(-c2nc(C)c(C(=O)N3CCN(c4cccc(C)c4C)CC3)s2)cc1OC. The van der Waals surface area contributed by atoms with E-state index in [1.807, 2.05) is 30.0 Å². The Morgan fingerprint density at radius 1 is 0.969 bits per heavy atom. The Morgan fingerprint density at radius 3 is 2.38 bits per heavy atom. The van der Waals surface area contributed by atoms with Gasteiger partial charge in [0.25, 0.3) is 5.91 Å². The maximum absolute atomic E-state index is 13.3. The molecule has 168 valence electrons. The zero-order valence-electron chi connectivity index (χ0n) is 19.3. The Balaban J connectivity index is 1.49. The van der Waals surface area contributed by atoms with Crippen LogP contribution in [0.3, 0.4) is 0 Å². The summed E-state index contributed by atoms with van der Waals surface area (Å²) in [5, 5.41) is 0.806. The number of aromatic nitrogens is 1. The molecule has 1 amide bonds. The van der Waals surface area contributed by atoms with Crippen LogP contribution in [-0.4, -0.2) is 56.2 Å². The highest BCUT2D eigenvalue weighted by Crippen LogP contribution is 2.35. The number of thiazole rings is 1. The zero-order valence-corrected chi connectivity index (χ0v) is 20.1. The second-order valence-corrected chi connectivity index (χ2v) is 9.00. The van der Waals surface area contributed by atoms with Gasteiger partial charge in [0.05, 0.1) is 19.9 Å². The van der Waals surface area contributed by atoms with Gasteiger partial charge in [-0.25, -0.2) is 4.98 Å². The fourth-order valence-corrected chi connectivity index (χ4v) is 5.09. The maximum atomic E-state index is 13.3. The Kier molecular flexibility index (Phi) is 6.37. The normalized spacial score (nSPS) is 13.9. The van der Waals surface area contributed by atoms with Gasteiger partial charge in [-0.1, -0.05) is 12.1 Å². The number of nitrogens with zero attached hydrogens (tertiary/aromatic N) is 3. The highest BCUT2D eigenvalue weighted by atomic mass is 32.1. The third kappa shape index (κ3) is 4.17. The maximum Gasteiger partial charge on any atom is 0.265 e. The van der Waals surface area contributed by atoms with Crippen LogP contribution in [0.1, 0.15) is 26.5 Å². The zero-order chi connectivity index (χ0) is 22.8. The first-order valence-corrected chi connectivity index (χ1v) is 11.5. The van der Waals surface area contributed by atoms with Gasteiger partial charge < -0.3 is 19.3 Å². The van der Waals surface area contributed by atoms with Crippen LogP contribution >= 0.6 is 11.3 Å². The van der Waals surface area contributed by atoms with E-state index in [0.29, 0.717) is 29.5 Å². The van der Waals surface area contributed by atoms with Crippen LogP contribution < -0.4 is 14.4 Å². The molecule has 0 aliphatic carbocycles. The molecule has 7 heteroatoms. The summed E-state index contributed by atoms with van der Waals surface area (Å²) in [6.45, 7) is 9.28. The predicted molar refractivity (Wildman–Crippen MR) is 129 cm³/mol. The highest BCUT2D eigenvalue weighted by molar-refractivity contribution is 7.17. The van der Waals surface area contributed by atoms with Gasteiger partial charge >= 0.3 is 0 Å². The van der Waals surface area contributed by atoms with Gasteiger partial charge in [0.1, 0.15) is 9.88 Å². The lowest BCUT2D eigenvalue weighted by Crippen LogP contribution is -2.49. The minimum absolute atomic E-state index is 0.0624. The Bertz CT molecular complexity index is 1130. The molecule has 1 aliphatic rings. The summed E-state index contributed by atoms with van der Waals surface area (Å²) >= 11 is 1.44. The van der Waals surface area contributed by atoms with Crippen molar-refractivity contribution in [2.45, 2.75) is 20.8 Å². The third-order valence-electron chi connectivity index (χ3n) is 6.10. The quantitative estimate of drug-likeness (QED) is 0.562. The van der Waals surface area contributed by atoms with Crippen LogP contribution in [0.15, 0.2) is 36.4 Å². The summed E-state index contributed by atoms with van der Waals surface area (Å²) < 4.78 is 10.7. The number of rotatable bonds is 5. The fraction of sp³-hybridized carbons (Fsp3) is 0.360. The molecule has 0 bridgehead atoms. The molecule has 0 unspecified atom stereocenters. The average molecular weight is 452 g/mol. The molecule has 2 heterocycles. The number of hydrogen-bond donors (Lipinski definition) is 0. The van der Waals surface area contributed by atoms with Gasteiger partial charge in [0.2, 0.25) is 0 Å². The molecule has 32 heavy (non-hydrogen) atoms. The summed E-state index contributed by atoms with van der Waals surface area (Å²) in [4.78, 5) is 23.0. The molecule has 6 nitrogen and oxygen atoms in total. The van der Waals surface area contributed by atoms with Gasteiger partial charge in [-0.3, -0.25) is 4.79 Å². The van der Waals surface area contributed by atoms with Crippen molar-refractivity contribution >= 4 is 22.9 Å². The van der Waals surface area contributed by atoms with Gasteiger partial charge in [0.15, 0.2) is 11.5 Å². The number of anilines is 1. The Hall–Kier alpha value is -3.06. The first-order valence-electron chi connectivity index (χ1n) is 10.7. The summed E-state index contributed by atoms with van der Waals surface area (Å²) in [5.41, 5.74) is 5.55. The molecular weight excluding hydrogens is 422 g/mol. The molecule has 1 fully saturated rings. The number of amides is 1. The fourth-order valence-electron chi connectivity index (χ4n) is 4.06. The van der Waals surface area contributed by atoms with Crippen LogP contribution in [0.4, 0.5) is 5.69 Å². The number of carbonyl (C=O) groups excluding carboxylic acids is 1. The van der Waals surface area contributed by atoms with Crippen molar-refractivity contribution in [3.63, 3.8) is 0 Å². The van der Waals surface area contributed by atoms with Gasteiger partial charge in [-0.05, 0) is 56.2 Å². The van der Waals surface area contributed by atoms with Gasteiger partial charge in [0, 0.05) is 37.4 Å². The largest absolute Gasteiger partial charge is 0.493 e. The van der Waals surface area contributed by atoms with Gasteiger partial charge in [-0.15, -0.1) is 11.3 Å². The van der Waals surface area contributed by atoms with Crippen molar-refractivity contribution in [2.75, 3.05) is 45.3 Å². The van der Waals surface area contributed by atoms with E-state index in [0.717, 1.165) is 29.4 Å². The van der Waals surface area contributed by atoms with E-state index < -0.39 is 0 Å². The molecule has 0 atom stereocenters. The number of hydrogen-bond acceptors (Lipinski definition) is 6. The monoisotopic (exact) mass is 451 g/mol. The minimum atomic E-state index is 0.0624. The van der Waals surface area contributed by atoms with Crippen molar-refractivity contribution in [3.8, 4) is 22.1 Å². The molecule has 0 N–H and O–H groups in total. The molecule has 4 rings (SSSR count). The summed E-state index contributed by atoms with van der Waals surface area (Å²) in [5.74, 6) is 1.38. The first kappa shape index (κ1) is 22.1. The van der Waals surface area contributed by atoms with E-state index in [4.69, 9.17) is 9.47 Å². The number of carbonyl (C=O) groups is 1. The smallest absolute Gasteiger partial charge is 0.265 e. The average Bonchev–Trinajstić information content (AvgIpc) is 3.21. The molecule has 0 spiro atoms. The molecule has 1 aromatic heterocycles. The van der Waals surface area contributed by atoms with E-state index in [1.165, 1.54) is 28.2 Å². The van der Waals surface area contributed by atoms with Crippen LogP contribution in [-0.2, 0) is 0 Å². The van der Waals surface area contributed by atoms with Crippen LogP contribution in [0.25, 0.3) is 10.6 Å². The molecule has 0 saturated carbocycles. The van der Waals surface area contributed by atoms with E-state index >= 15 is 0 Å². The number of piperazine rings is 1. The minimum Gasteiger partial charge on any atom is -0.493 e.